The second-order valence-electron chi connectivity index (χ2n) is 7.29. The maximum absolute atomic E-state index is 5.97. The fraction of sp³-hybridized carbons (Fsp3) is 0.409. The molecule has 0 bridgehead atoms. The SMILES string of the molecule is Clc1ccc2c(OCCC3CCN(CCc4ccccc4)CC3)noc2c1. The van der Waals surface area contributed by atoms with Crippen molar-refractivity contribution in [2.75, 3.05) is 26.2 Å². The van der Waals surface area contributed by atoms with Crippen molar-refractivity contribution in [1.82, 2.24) is 10.1 Å². The van der Waals surface area contributed by atoms with E-state index in [1.807, 2.05) is 12.1 Å². The third-order valence-electron chi connectivity index (χ3n) is 5.43. The second-order valence-corrected chi connectivity index (χ2v) is 7.72. The number of hydrogen-bond donors (Lipinski definition) is 0. The van der Waals surface area contributed by atoms with Crippen LogP contribution in [0, 0.1) is 5.92 Å². The molecule has 0 spiro atoms. The van der Waals surface area contributed by atoms with Crippen molar-refractivity contribution in [3.63, 3.8) is 0 Å². The zero-order valence-electron chi connectivity index (χ0n) is 15.4. The minimum Gasteiger partial charge on any atom is -0.475 e. The first kappa shape index (κ1) is 18.3. The first-order chi connectivity index (χ1) is 13.3. The standard InChI is InChI=1S/C22H25ClN2O2/c23-19-6-7-20-21(16-19)27-24-22(20)26-15-11-18-9-13-25(14-10-18)12-8-17-4-2-1-3-5-17/h1-7,16,18H,8-15H2. The Balaban J connectivity index is 1.18. The lowest BCUT2D eigenvalue weighted by Crippen LogP contribution is -2.35. The largest absolute Gasteiger partial charge is 0.475 e. The molecule has 4 nitrogen and oxygen atoms in total. The summed E-state index contributed by atoms with van der Waals surface area (Å²) in [7, 11) is 0. The van der Waals surface area contributed by atoms with E-state index in [-0.39, 0.29) is 0 Å². The third kappa shape index (κ3) is 4.82. The van der Waals surface area contributed by atoms with Crippen molar-refractivity contribution >= 4 is 22.6 Å². The molecule has 2 aromatic carbocycles. The van der Waals surface area contributed by atoms with Gasteiger partial charge in [-0.3, -0.25) is 0 Å². The molecule has 0 unspecified atom stereocenters. The van der Waals surface area contributed by atoms with Gasteiger partial charge in [-0.05, 0) is 67.5 Å². The summed E-state index contributed by atoms with van der Waals surface area (Å²) in [5, 5.41) is 5.55. The summed E-state index contributed by atoms with van der Waals surface area (Å²) in [6.45, 7) is 4.20. The van der Waals surface area contributed by atoms with Crippen molar-refractivity contribution in [1.29, 1.82) is 0 Å². The van der Waals surface area contributed by atoms with Gasteiger partial charge in [0.1, 0.15) is 0 Å². The van der Waals surface area contributed by atoms with Gasteiger partial charge >= 0.3 is 0 Å². The Bertz CT molecular complexity index is 857. The molecule has 0 radical (unpaired) electrons. The van der Waals surface area contributed by atoms with Crippen LogP contribution in [0.15, 0.2) is 53.1 Å². The van der Waals surface area contributed by atoms with Gasteiger partial charge in [0.15, 0.2) is 5.58 Å². The highest BCUT2D eigenvalue weighted by Crippen LogP contribution is 2.28. The van der Waals surface area contributed by atoms with Crippen LogP contribution in [-0.2, 0) is 6.42 Å². The van der Waals surface area contributed by atoms with Crippen LogP contribution in [0.2, 0.25) is 5.02 Å². The van der Waals surface area contributed by atoms with Gasteiger partial charge in [-0.15, -0.1) is 0 Å². The molecule has 1 saturated heterocycles. The van der Waals surface area contributed by atoms with Gasteiger partial charge in [-0.1, -0.05) is 41.9 Å². The summed E-state index contributed by atoms with van der Waals surface area (Å²) in [6.07, 6.45) is 4.69. The molecule has 142 valence electrons. The van der Waals surface area contributed by atoms with Crippen molar-refractivity contribution in [2.45, 2.75) is 25.7 Å². The summed E-state index contributed by atoms with van der Waals surface area (Å²) in [6, 6.07) is 16.2. The Kier molecular flexibility index (Phi) is 5.95. The summed E-state index contributed by atoms with van der Waals surface area (Å²) >= 11 is 5.97. The van der Waals surface area contributed by atoms with E-state index in [9.17, 15) is 0 Å². The molecule has 4 rings (SSSR count). The minimum atomic E-state index is 0.571. The quantitative estimate of drug-likeness (QED) is 0.560. The number of rotatable bonds is 7. The molecule has 0 atom stereocenters. The molecule has 0 aliphatic carbocycles. The minimum absolute atomic E-state index is 0.571. The Morgan fingerprint density at radius 2 is 1.93 bits per heavy atom. The van der Waals surface area contributed by atoms with Crippen LogP contribution >= 0.6 is 11.6 Å². The molecule has 1 aromatic heterocycles. The number of nitrogens with zero attached hydrogens (tertiary/aromatic N) is 2. The molecule has 0 saturated carbocycles. The molecule has 0 amide bonds. The normalized spacial score (nSPS) is 16.0. The predicted octanol–water partition coefficient (Wildman–Crippen LogP) is 5.20. The summed E-state index contributed by atoms with van der Waals surface area (Å²) in [5.74, 6) is 1.30. The van der Waals surface area contributed by atoms with Gasteiger partial charge in [0.25, 0.3) is 5.88 Å². The number of halogens is 1. The van der Waals surface area contributed by atoms with Crippen molar-refractivity contribution in [3.8, 4) is 5.88 Å². The van der Waals surface area contributed by atoms with Crippen molar-refractivity contribution in [2.24, 2.45) is 5.92 Å². The smallest absolute Gasteiger partial charge is 0.262 e. The number of benzene rings is 2. The number of fused-ring (bicyclic) bond motifs is 1. The number of likely N-dealkylation sites (tertiary alicyclic amines) is 1. The maximum Gasteiger partial charge on any atom is 0.262 e. The third-order valence-corrected chi connectivity index (χ3v) is 5.67. The first-order valence-electron chi connectivity index (χ1n) is 9.72. The lowest BCUT2D eigenvalue weighted by molar-refractivity contribution is 0.162. The average molecular weight is 385 g/mol. The van der Waals surface area contributed by atoms with Crippen molar-refractivity contribution in [3.05, 3.63) is 59.1 Å². The highest BCUT2D eigenvalue weighted by atomic mass is 35.5. The van der Waals surface area contributed by atoms with Crippen LogP contribution in [0.3, 0.4) is 0 Å². The topological polar surface area (TPSA) is 38.5 Å². The van der Waals surface area contributed by atoms with Gasteiger partial charge in [0.2, 0.25) is 0 Å². The molecule has 1 aliphatic heterocycles. The lowest BCUT2D eigenvalue weighted by atomic mass is 9.93. The second kappa shape index (κ2) is 8.77. The monoisotopic (exact) mass is 384 g/mol. The molecule has 1 fully saturated rings. The van der Waals surface area contributed by atoms with E-state index in [1.54, 1.807) is 6.07 Å². The van der Waals surface area contributed by atoms with Crippen LogP contribution in [0.1, 0.15) is 24.8 Å². The highest BCUT2D eigenvalue weighted by molar-refractivity contribution is 6.31. The average Bonchev–Trinajstić information content (AvgIpc) is 3.10. The number of aromatic nitrogens is 1. The van der Waals surface area contributed by atoms with E-state index >= 15 is 0 Å². The molecular formula is C22H25ClN2O2. The maximum atomic E-state index is 5.97. The Morgan fingerprint density at radius 1 is 1.11 bits per heavy atom. The zero-order chi connectivity index (χ0) is 18.5. The zero-order valence-corrected chi connectivity index (χ0v) is 16.2. The van der Waals surface area contributed by atoms with Crippen LogP contribution in [0.4, 0.5) is 0 Å². The summed E-state index contributed by atoms with van der Waals surface area (Å²) < 4.78 is 11.2. The van der Waals surface area contributed by atoms with Crippen LogP contribution in [0.5, 0.6) is 5.88 Å². The van der Waals surface area contributed by atoms with Crippen LogP contribution < -0.4 is 4.74 Å². The van der Waals surface area contributed by atoms with Gasteiger partial charge in [-0.25, -0.2) is 0 Å². The van der Waals surface area contributed by atoms with Crippen LogP contribution in [0.25, 0.3) is 11.0 Å². The van der Waals surface area contributed by atoms with Gasteiger partial charge < -0.3 is 14.2 Å². The number of piperidine rings is 1. The molecule has 1 aliphatic rings. The van der Waals surface area contributed by atoms with Gasteiger partial charge in [0, 0.05) is 17.6 Å². The Labute approximate surface area is 165 Å². The summed E-state index contributed by atoms with van der Waals surface area (Å²) in [4.78, 5) is 2.58. The molecule has 5 heteroatoms. The number of hydrogen-bond acceptors (Lipinski definition) is 4. The first-order valence-corrected chi connectivity index (χ1v) is 10.1. The lowest BCUT2D eigenvalue weighted by Gasteiger charge is -2.31. The highest BCUT2D eigenvalue weighted by Gasteiger charge is 2.19. The molecule has 0 N–H and O–H groups in total. The molecular weight excluding hydrogens is 360 g/mol. The molecule has 2 heterocycles. The van der Waals surface area contributed by atoms with Gasteiger partial charge in [-0.2, -0.15) is 0 Å². The van der Waals surface area contributed by atoms with Gasteiger partial charge in [0.05, 0.1) is 12.0 Å². The van der Waals surface area contributed by atoms with E-state index < -0.39 is 0 Å². The molecule has 27 heavy (non-hydrogen) atoms. The summed E-state index contributed by atoms with van der Waals surface area (Å²) in [5.41, 5.74) is 2.10. The Morgan fingerprint density at radius 3 is 2.74 bits per heavy atom. The van der Waals surface area contributed by atoms with E-state index in [0.717, 1.165) is 30.7 Å². The van der Waals surface area contributed by atoms with E-state index in [2.05, 4.69) is 40.4 Å². The van der Waals surface area contributed by atoms with Crippen LogP contribution in [-0.4, -0.2) is 36.3 Å². The van der Waals surface area contributed by atoms with E-state index in [1.165, 1.54) is 31.5 Å². The fourth-order valence-corrected chi connectivity index (χ4v) is 3.91. The number of ether oxygens (including phenoxy) is 1. The van der Waals surface area contributed by atoms with E-state index in [0.29, 0.717) is 23.1 Å². The Hall–Kier alpha value is -2.04. The fourth-order valence-electron chi connectivity index (χ4n) is 3.75. The predicted molar refractivity (Wildman–Crippen MR) is 108 cm³/mol. The van der Waals surface area contributed by atoms with Crippen molar-refractivity contribution < 1.29 is 9.26 Å². The van der Waals surface area contributed by atoms with E-state index in [4.69, 9.17) is 20.9 Å². The molecule has 3 aromatic rings.